The second-order valence-corrected chi connectivity index (χ2v) is 6.59. The van der Waals surface area contributed by atoms with Crippen LogP contribution in [-0.4, -0.2) is 45.0 Å². The minimum atomic E-state index is -2.97. The van der Waals surface area contributed by atoms with Gasteiger partial charge in [0.1, 0.15) is 9.84 Å². The van der Waals surface area contributed by atoms with E-state index < -0.39 is 9.84 Å². The lowest BCUT2D eigenvalue weighted by Gasteiger charge is -2.19. The first kappa shape index (κ1) is 16.4. The smallest absolute Gasteiger partial charge is 0.237 e. The van der Waals surface area contributed by atoms with Gasteiger partial charge in [-0.3, -0.25) is 4.79 Å². The molecule has 6 heteroatoms. The molecule has 102 valence electrons. The Hall–Kier alpha value is -0.620. The molecule has 1 unspecified atom stereocenters. The van der Waals surface area contributed by atoms with E-state index in [1.807, 2.05) is 13.8 Å². The number of carbonyl (C=O) groups is 1. The van der Waals surface area contributed by atoms with Crippen LogP contribution >= 0.6 is 0 Å². The average Bonchev–Trinajstić information content (AvgIpc) is 2.23. The number of amides is 1. The summed E-state index contributed by atoms with van der Waals surface area (Å²) in [7, 11) is -2.97. The minimum absolute atomic E-state index is 0.0512. The Kier molecular flexibility index (Phi) is 7.38. The Bertz CT molecular complexity index is 324. The lowest BCUT2D eigenvalue weighted by atomic mass is 10.1. The normalized spacial score (nSPS) is 13.7. The lowest BCUT2D eigenvalue weighted by Crippen LogP contribution is -2.46. The number of hydrogen-bond acceptors (Lipinski definition) is 4. The maximum Gasteiger partial charge on any atom is 0.237 e. The van der Waals surface area contributed by atoms with Gasteiger partial charge in [0.2, 0.25) is 5.91 Å². The standard InChI is InChI=1S/C11H24N2O3S/c1-5-10(6-2)13-11(14)9(3)12-7-8-17(4,15)16/h9-10,12H,5-8H2,1-4H3,(H,13,14). The molecule has 0 heterocycles. The quantitative estimate of drug-likeness (QED) is 0.662. The van der Waals surface area contributed by atoms with Crippen LogP contribution in [0.15, 0.2) is 0 Å². The van der Waals surface area contributed by atoms with Crippen molar-refractivity contribution >= 4 is 15.7 Å². The van der Waals surface area contributed by atoms with Gasteiger partial charge >= 0.3 is 0 Å². The van der Waals surface area contributed by atoms with Crippen LogP contribution in [0.2, 0.25) is 0 Å². The number of hydrogen-bond donors (Lipinski definition) is 2. The third-order valence-corrected chi connectivity index (χ3v) is 3.59. The second-order valence-electron chi connectivity index (χ2n) is 4.33. The van der Waals surface area contributed by atoms with Gasteiger partial charge in [-0.15, -0.1) is 0 Å². The van der Waals surface area contributed by atoms with Gasteiger partial charge < -0.3 is 10.6 Å². The third kappa shape index (κ3) is 8.15. The first-order chi connectivity index (χ1) is 7.80. The van der Waals surface area contributed by atoms with Crippen LogP contribution in [-0.2, 0) is 14.6 Å². The van der Waals surface area contributed by atoms with Crippen LogP contribution in [0.5, 0.6) is 0 Å². The SMILES string of the molecule is CCC(CC)NC(=O)C(C)NCCS(C)(=O)=O. The van der Waals surface area contributed by atoms with Crippen LogP contribution in [0.4, 0.5) is 0 Å². The highest BCUT2D eigenvalue weighted by atomic mass is 32.2. The van der Waals surface area contributed by atoms with E-state index in [-0.39, 0.29) is 23.7 Å². The third-order valence-electron chi connectivity index (χ3n) is 2.65. The van der Waals surface area contributed by atoms with E-state index in [2.05, 4.69) is 10.6 Å². The summed E-state index contributed by atoms with van der Waals surface area (Å²) in [5, 5.41) is 5.81. The predicted octanol–water partition coefficient (Wildman–Crippen LogP) is 0.314. The van der Waals surface area contributed by atoms with Crippen molar-refractivity contribution in [3.63, 3.8) is 0 Å². The Morgan fingerprint density at radius 3 is 2.18 bits per heavy atom. The minimum Gasteiger partial charge on any atom is -0.352 e. The molecular formula is C11H24N2O3S. The highest BCUT2D eigenvalue weighted by molar-refractivity contribution is 7.90. The van der Waals surface area contributed by atoms with Gasteiger partial charge in [0.25, 0.3) is 0 Å². The molecular weight excluding hydrogens is 240 g/mol. The molecule has 0 spiro atoms. The molecule has 17 heavy (non-hydrogen) atoms. The highest BCUT2D eigenvalue weighted by Crippen LogP contribution is 1.96. The summed E-state index contributed by atoms with van der Waals surface area (Å²) in [6.45, 7) is 6.09. The Balaban J connectivity index is 3.97. The maximum atomic E-state index is 11.7. The predicted molar refractivity (Wildman–Crippen MR) is 69.7 cm³/mol. The Morgan fingerprint density at radius 2 is 1.76 bits per heavy atom. The summed E-state index contributed by atoms with van der Waals surface area (Å²) < 4.78 is 21.8. The van der Waals surface area contributed by atoms with Crippen molar-refractivity contribution < 1.29 is 13.2 Å². The van der Waals surface area contributed by atoms with Gasteiger partial charge in [0.15, 0.2) is 0 Å². The molecule has 0 aliphatic rings. The summed E-state index contributed by atoms with van der Waals surface area (Å²) in [5.41, 5.74) is 0. The largest absolute Gasteiger partial charge is 0.352 e. The molecule has 0 aliphatic heterocycles. The van der Waals surface area contributed by atoms with Crippen molar-refractivity contribution in [3.05, 3.63) is 0 Å². The fourth-order valence-electron chi connectivity index (χ4n) is 1.37. The molecule has 0 aliphatic carbocycles. The van der Waals surface area contributed by atoms with E-state index >= 15 is 0 Å². The van der Waals surface area contributed by atoms with E-state index in [1.165, 1.54) is 6.26 Å². The first-order valence-electron chi connectivity index (χ1n) is 6.01. The molecule has 0 radical (unpaired) electrons. The van der Waals surface area contributed by atoms with Crippen molar-refractivity contribution in [1.29, 1.82) is 0 Å². The molecule has 1 atom stereocenters. The fraction of sp³-hybridized carbons (Fsp3) is 0.909. The van der Waals surface area contributed by atoms with E-state index in [1.54, 1.807) is 6.92 Å². The summed E-state index contributed by atoms with van der Waals surface area (Å²) in [4.78, 5) is 11.7. The number of carbonyl (C=O) groups excluding carboxylic acids is 1. The van der Waals surface area contributed by atoms with Gasteiger partial charge in [-0.1, -0.05) is 13.8 Å². The molecule has 0 saturated heterocycles. The van der Waals surface area contributed by atoms with Crippen molar-refractivity contribution in [2.45, 2.75) is 45.7 Å². The van der Waals surface area contributed by atoms with Crippen LogP contribution in [0, 0.1) is 0 Å². The molecule has 0 bridgehead atoms. The Morgan fingerprint density at radius 1 is 1.24 bits per heavy atom. The zero-order valence-electron chi connectivity index (χ0n) is 11.1. The fourth-order valence-corrected chi connectivity index (χ4v) is 1.86. The van der Waals surface area contributed by atoms with E-state index in [0.29, 0.717) is 6.54 Å². The van der Waals surface area contributed by atoms with Crippen LogP contribution < -0.4 is 10.6 Å². The average molecular weight is 264 g/mol. The molecule has 1 amide bonds. The highest BCUT2D eigenvalue weighted by Gasteiger charge is 2.15. The van der Waals surface area contributed by atoms with Gasteiger partial charge in [-0.25, -0.2) is 8.42 Å². The van der Waals surface area contributed by atoms with Gasteiger partial charge in [0, 0.05) is 18.8 Å². The van der Waals surface area contributed by atoms with Gasteiger partial charge in [-0.05, 0) is 19.8 Å². The maximum absolute atomic E-state index is 11.7. The molecule has 0 rings (SSSR count). The van der Waals surface area contributed by atoms with Crippen LogP contribution in [0.3, 0.4) is 0 Å². The zero-order chi connectivity index (χ0) is 13.5. The van der Waals surface area contributed by atoms with Gasteiger partial charge in [0.05, 0.1) is 11.8 Å². The molecule has 0 aromatic rings. The zero-order valence-corrected chi connectivity index (χ0v) is 11.9. The van der Waals surface area contributed by atoms with E-state index in [9.17, 15) is 13.2 Å². The summed E-state index contributed by atoms with van der Waals surface area (Å²) in [6.07, 6.45) is 2.99. The number of rotatable bonds is 8. The van der Waals surface area contributed by atoms with Crippen molar-refractivity contribution in [3.8, 4) is 0 Å². The summed E-state index contributed by atoms with van der Waals surface area (Å²) in [5.74, 6) is -0.0255. The van der Waals surface area contributed by atoms with Crippen LogP contribution in [0.1, 0.15) is 33.6 Å². The van der Waals surface area contributed by atoms with Crippen molar-refractivity contribution in [1.82, 2.24) is 10.6 Å². The van der Waals surface area contributed by atoms with Crippen molar-refractivity contribution in [2.75, 3.05) is 18.6 Å². The Labute approximate surface area is 104 Å². The lowest BCUT2D eigenvalue weighted by molar-refractivity contribution is -0.123. The monoisotopic (exact) mass is 264 g/mol. The molecule has 0 aromatic heterocycles. The van der Waals surface area contributed by atoms with E-state index in [0.717, 1.165) is 12.8 Å². The molecule has 2 N–H and O–H groups in total. The topological polar surface area (TPSA) is 75.3 Å². The molecule has 0 fully saturated rings. The molecule has 0 saturated carbocycles. The molecule has 0 aromatic carbocycles. The summed E-state index contributed by atoms with van der Waals surface area (Å²) in [6, 6.07) is -0.168. The summed E-state index contributed by atoms with van der Waals surface area (Å²) >= 11 is 0. The van der Waals surface area contributed by atoms with E-state index in [4.69, 9.17) is 0 Å². The number of nitrogens with one attached hydrogen (secondary N) is 2. The first-order valence-corrected chi connectivity index (χ1v) is 8.07. The van der Waals surface area contributed by atoms with Crippen molar-refractivity contribution in [2.24, 2.45) is 0 Å². The second kappa shape index (κ2) is 7.66. The van der Waals surface area contributed by atoms with Gasteiger partial charge in [-0.2, -0.15) is 0 Å². The van der Waals surface area contributed by atoms with Crippen LogP contribution in [0.25, 0.3) is 0 Å². The number of sulfone groups is 1. The molecule has 5 nitrogen and oxygen atoms in total.